The molecule has 0 radical (unpaired) electrons. The van der Waals surface area contributed by atoms with Gasteiger partial charge in [0.2, 0.25) is 0 Å². The molecule has 2 aromatic carbocycles. The van der Waals surface area contributed by atoms with Crippen molar-refractivity contribution in [1.82, 2.24) is 14.7 Å². The van der Waals surface area contributed by atoms with Gasteiger partial charge in [-0.1, -0.05) is 42.5 Å². The normalized spacial score (nSPS) is 20.5. The first-order valence-electron chi connectivity index (χ1n) is 12.5. The Kier molecular flexibility index (Phi) is 8.36. The van der Waals surface area contributed by atoms with E-state index in [0.29, 0.717) is 32.5 Å². The van der Waals surface area contributed by atoms with Crippen LogP contribution in [0.25, 0.3) is 0 Å². The maximum absolute atomic E-state index is 14.2. The molecule has 2 aromatic rings. The zero-order valence-corrected chi connectivity index (χ0v) is 20.7. The third-order valence-corrected chi connectivity index (χ3v) is 7.21. The second kappa shape index (κ2) is 11.5. The number of hydrogen-bond donors (Lipinski definition) is 0. The predicted molar refractivity (Wildman–Crippen MR) is 129 cm³/mol. The summed E-state index contributed by atoms with van der Waals surface area (Å²) in [5.74, 6) is -2.27. The summed E-state index contributed by atoms with van der Waals surface area (Å²) < 4.78 is 58.4. The second-order valence-corrected chi connectivity index (χ2v) is 9.70. The molecule has 0 bridgehead atoms. The van der Waals surface area contributed by atoms with E-state index < -0.39 is 18.2 Å². The fourth-order valence-electron chi connectivity index (χ4n) is 5.38. The highest BCUT2D eigenvalue weighted by Gasteiger charge is 2.45. The minimum atomic E-state index is -4.89. The van der Waals surface area contributed by atoms with E-state index in [1.807, 2.05) is 43.3 Å². The van der Waals surface area contributed by atoms with Crippen molar-refractivity contribution in [3.05, 3.63) is 71.5 Å². The number of nitrogens with zero attached hydrogens (tertiary/aromatic N) is 3. The number of likely N-dealkylation sites (tertiary alicyclic amines) is 1. The molecule has 2 amide bonds. The minimum absolute atomic E-state index is 0.00498. The van der Waals surface area contributed by atoms with E-state index in [-0.39, 0.29) is 43.5 Å². The van der Waals surface area contributed by atoms with E-state index in [2.05, 4.69) is 4.90 Å². The SMILES string of the molecule is C[C@H]1CN(C(=O)OCc2ccccc2)CCN1C(c1cccc(F)c1)C1CCN(C(=O)C(F)(F)F)CC1. The number of alkyl halides is 3. The molecular weight excluding hydrogens is 490 g/mol. The molecule has 10 heteroatoms. The number of halogens is 4. The van der Waals surface area contributed by atoms with Crippen LogP contribution in [0.1, 0.15) is 36.9 Å². The van der Waals surface area contributed by atoms with Gasteiger partial charge < -0.3 is 14.5 Å². The van der Waals surface area contributed by atoms with Crippen molar-refractivity contribution in [2.75, 3.05) is 32.7 Å². The Morgan fingerprint density at radius 3 is 2.30 bits per heavy atom. The van der Waals surface area contributed by atoms with Gasteiger partial charge in [-0.15, -0.1) is 0 Å². The van der Waals surface area contributed by atoms with Gasteiger partial charge in [-0.05, 0) is 48.9 Å². The number of benzene rings is 2. The van der Waals surface area contributed by atoms with Crippen LogP contribution >= 0.6 is 0 Å². The number of carbonyl (C=O) groups is 2. The molecule has 6 nitrogen and oxygen atoms in total. The van der Waals surface area contributed by atoms with Crippen LogP contribution in [0.15, 0.2) is 54.6 Å². The van der Waals surface area contributed by atoms with Crippen LogP contribution in [-0.2, 0) is 16.1 Å². The molecule has 0 aliphatic carbocycles. The molecule has 0 spiro atoms. The zero-order chi connectivity index (χ0) is 26.6. The highest BCUT2D eigenvalue weighted by molar-refractivity contribution is 5.81. The van der Waals surface area contributed by atoms with Gasteiger partial charge in [0.05, 0.1) is 0 Å². The van der Waals surface area contributed by atoms with E-state index in [1.54, 1.807) is 11.0 Å². The number of amides is 2. The average Bonchev–Trinajstić information content (AvgIpc) is 2.88. The van der Waals surface area contributed by atoms with Gasteiger partial charge in [-0.2, -0.15) is 13.2 Å². The quantitative estimate of drug-likeness (QED) is 0.519. The molecule has 1 unspecified atom stereocenters. The Bertz CT molecular complexity index is 1070. The van der Waals surface area contributed by atoms with Gasteiger partial charge in [0.15, 0.2) is 0 Å². The van der Waals surface area contributed by atoms with Crippen molar-refractivity contribution in [1.29, 1.82) is 0 Å². The standard InChI is InChI=1S/C27H31F4N3O3/c1-19-17-33(26(36)37-18-20-6-3-2-4-7-20)14-15-34(19)24(22-8-5-9-23(28)16-22)21-10-12-32(13-11-21)25(35)27(29,30)31/h2-9,16,19,21,24H,10-15,17-18H2,1H3/t19-,24?/m0/s1. The van der Waals surface area contributed by atoms with Gasteiger partial charge in [0, 0.05) is 44.8 Å². The van der Waals surface area contributed by atoms with Crippen LogP contribution in [-0.4, -0.2) is 71.6 Å². The molecule has 37 heavy (non-hydrogen) atoms. The van der Waals surface area contributed by atoms with Crippen LogP contribution in [0.5, 0.6) is 0 Å². The third-order valence-electron chi connectivity index (χ3n) is 7.21. The van der Waals surface area contributed by atoms with Crippen LogP contribution in [0, 0.1) is 11.7 Å². The molecule has 2 atom stereocenters. The Hall–Kier alpha value is -3.14. The first kappa shape index (κ1) is 26.9. The second-order valence-electron chi connectivity index (χ2n) is 9.70. The Morgan fingerprint density at radius 2 is 1.68 bits per heavy atom. The summed E-state index contributed by atoms with van der Waals surface area (Å²) in [6, 6.07) is 15.3. The van der Waals surface area contributed by atoms with E-state index >= 15 is 0 Å². The summed E-state index contributed by atoms with van der Waals surface area (Å²) in [6.45, 7) is 3.47. The molecule has 4 rings (SSSR count). The summed E-state index contributed by atoms with van der Waals surface area (Å²) in [5, 5.41) is 0. The summed E-state index contributed by atoms with van der Waals surface area (Å²) in [7, 11) is 0. The van der Waals surface area contributed by atoms with Crippen molar-refractivity contribution >= 4 is 12.0 Å². The molecule has 0 aromatic heterocycles. The number of rotatable bonds is 5. The lowest BCUT2D eigenvalue weighted by molar-refractivity contribution is -0.187. The topological polar surface area (TPSA) is 53.1 Å². The van der Waals surface area contributed by atoms with Gasteiger partial charge in [-0.3, -0.25) is 9.69 Å². The molecule has 2 heterocycles. The van der Waals surface area contributed by atoms with Gasteiger partial charge in [0.1, 0.15) is 12.4 Å². The summed E-state index contributed by atoms with van der Waals surface area (Å²) in [5.41, 5.74) is 1.64. The number of piperidine rings is 1. The predicted octanol–water partition coefficient (Wildman–Crippen LogP) is 5.01. The van der Waals surface area contributed by atoms with Crippen LogP contribution in [0.2, 0.25) is 0 Å². The van der Waals surface area contributed by atoms with E-state index in [4.69, 9.17) is 4.74 Å². The third kappa shape index (κ3) is 6.60. The summed E-state index contributed by atoms with van der Waals surface area (Å²) in [6.07, 6.45) is -4.56. The number of hydrogen-bond acceptors (Lipinski definition) is 4. The number of carbonyl (C=O) groups excluding carboxylic acids is 2. The van der Waals surface area contributed by atoms with E-state index in [1.165, 1.54) is 12.1 Å². The fraction of sp³-hybridized carbons (Fsp3) is 0.481. The Morgan fingerprint density at radius 1 is 0.973 bits per heavy atom. The van der Waals surface area contributed by atoms with Crippen molar-refractivity contribution in [2.24, 2.45) is 5.92 Å². The largest absolute Gasteiger partial charge is 0.471 e. The maximum atomic E-state index is 14.2. The van der Waals surface area contributed by atoms with Gasteiger partial charge in [0.25, 0.3) is 0 Å². The van der Waals surface area contributed by atoms with Crippen LogP contribution in [0.3, 0.4) is 0 Å². The number of ether oxygens (including phenoxy) is 1. The summed E-state index contributed by atoms with van der Waals surface area (Å²) in [4.78, 5) is 29.1. The number of piperazine rings is 1. The highest BCUT2D eigenvalue weighted by atomic mass is 19.4. The molecule has 0 N–H and O–H groups in total. The zero-order valence-electron chi connectivity index (χ0n) is 20.7. The molecule has 2 fully saturated rings. The van der Waals surface area contributed by atoms with Gasteiger partial charge >= 0.3 is 18.2 Å². The lowest BCUT2D eigenvalue weighted by atomic mass is 9.83. The fourth-order valence-corrected chi connectivity index (χ4v) is 5.38. The first-order valence-corrected chi connectivity index (χ1v) is 12.5. The van der Waals surface area contributed by atoms with Crippen LogP contribution in [0.4, 0.5) is 22.4 Å². The minimum Gasteiger partial charge on any atom is -0.445 e. The van der Waals surface area contributed by atoms with Crippen LogP contribution < -0.4 is 0 Å². The smallest absolute Gasteiger partial charge is 0.445 e. The maximum Gasteiger partial charge on any atom is 0.471 e. The monoisotopic (exact) mass is 521 g/mol. The van der Waals surface area contributed by atoms with Crippen molar-refractivity contribution in [3.63, 3.8) is 0 Å². The first-order chi connectivity index (χ1) is 17.6. The van der Waals surface area contributed by atoms with Crippen molar-refractivity contribution in [3.8, 4) is 0 Å². The van der Waals surface area contributed by atoms with E-state index in [0.717, 1.165) is 16.0 Å². The molecule has 2 aliphatic rings. The summed E-state index contributed by atoms with van der Waals surface area (Å²) >= 11 is 0. The molecule has 0 saturated carbocycles. The molecule has 2 saturated heterocycles. The lowest BCUT2D eigenvalue weighted by Gasteiger charge is -2.47. The highest BCUT2D eigenvalue weighted by Crippen LogP contribution is 2.38. The molecule has 200 valence electrons. The van der Waals surface area contributed by atoms with Crippen molar-refractivity contribution < 1.29 is 31.9 Å². The Balaban J connectivity index is 1.44. The van der Waals surface area contributed by atoms with Crippen molar-refractivity contribution in [2.45, 2.75) is 44.6 Å². The lowest BCUT2D eigenvalue weighted by Crippen LogP contribution is -2.56. The average molecular weight is 522 g/mol. The Labute approximate surface area is 213 Å². The molecular formula is C27H31F4N3O3. The van der Waals surface area contributed by atoms with Gasteiger partial charge in [-0.25, -0.2) is 9.18 Å². The van der Waals surface area contributed by atoms with E-state index in [9.17, 15) is 27.2 Å². The molecule has 2 aliphatic heterocycles.